The van der Waals surface area contributed by atoms with E-state index >= 15 is 0 Å². The van der Waals surface area contributed by atoms with Crippen molar-refractivity contribution in [2.24, 2.45) is 5.16 Å². The monoisotopic (exact) mass is 376 g/mol. The van der Waals surface area contributed by atoms with Crippen LogP contribution in [0.4, 0.5) is 0 Å². The van der Waals surface area contributed by atoms with Crippen molar-refractivity contribution in [2.75, 3.05) is 13.7 Å². The van der Waals surface area contributed by atoms with Gasteiger partial charge < -0.3 is 14.9 Å². The summed E-state index contributed by atoms with van der Waals surface area (Å²) < 4.78 is 5.17. The SMILES string of the molecule is COc1ccc(C2=NOC(CNC(=O)c3cn[nH]c3-c3ccccc3)C2)cc1. The van der Waals surface area contributed by atoms with Crippen molar-refractivity contribution in [2.45, 2.75) is 12.5 Å². The van der Waals surface area contributed by atoms with E-state index in [0.29, 0.717) is 24.2 Å². The number of nitrogens with one attached hydrogen (secondary N) is 2. The molecule has 1 atom stereocenters. The molecule has 2 aromatic carbocycles. The highest BCUT2D eigenvalue weighted by molar-refractivity contribution is 6.02. The Morgan fingerprint density at radius 3 is 2.71 bits per heavy atom. The maximum atomic E-state index is 12.6. The topological polar surface area (TPSA) is 88.6 Å². The number of hydrogen-bond donors (Lipinski definition) is 2. The van der Waals surface area contributed by atoms with Crippen molar-refractivity contribution in [3.8, 4) is 17.0 Å². The average Bonchev–Trinajstić information content (AvgIpc) is 3.43. The van der Waals surface area contributed by atoms with E-state index in [2.05, 4.69) is 20.7 Å². The molecule has 1 aromatic heterocycles. The predicted molar refractivity (Wildman–Crippen MR) is 105 cm³/mol. The van der Waals surface area contributed by atoms with Crippen LogP contribution in [0.2, 0.25) is 0 Å². The highest BCUT2D eigenvalue weighted by Crippen LogP contribution is 2.21. The zero-order valence-electron chi connectivity index (χ0n) is 15.4. The number of methoxy groups -OCH3 is 1. The number of nitrogens with zero attached hydrogens (tertiary/aromatic N) is 2. The lowest BCUT2D eigenvalue weighted by Gasteiger charge is -2.10. The molecule has 7 heteroatoms. The fourth-order valence-corrected chi connectivity index (χ4v) is 3.08. The number of benzene rings is 2. The number of carbonyl (C=O) groups is 1. The van der Waals surface area contributed by atoms with Crippen molar-refractivity contribution >= 4 is 11.6 Å². The minimum Gasteiger partial charge on any atom is -0.497 e. The van der Waals surface area contributed by atoms with Crippen molar-refractivity contribution in [1.29, 1.82) is 0 Å². The Morgan fingerprint density at radius 1 is 1.18 bits per heavy atom. The molecule has 28 heavy (non-hydrogen) atoms. The summed E-state index contributed by atoms with van der Waals surface area (Å²) in [6.45, 7) is 0.362. The van der Waals surface area contributed by atoms with Crippen LogP contribution in [0.3, 0.4) is 0 Å². The smallest absolute Gasteiger partial charge is 0.255 e. The molecule has 1 aliphatic heterocycles. The molecule has 0 bridgehead atoms. The Hall–Kier alpha value is -3.61. The molecule has 2 heterocycles. The second-order valence-corrected chi connectivity index (χ2v) is 6.43. The molecule has 0 saturated carbocycles. The number of rotatable bonds is 6. The lowest BCUT2D eigenvalue weighted by Crippen LogP contribution is -2.32. The fourth-order valence-electron chi connectivity index (χ4n) is 3.08. The molecular weight excluding hydrogens is 356 g/mol. The first kappa shape index (κ1) is 17.8. The fraction of sp³-hybridized carbons (Fsp3) is 0.190. The summed E-state index contributed by atoms with van der Waals surface area (Å²) >= 11 is 0. The molecule has 0 spiro atoms. The Kier molecular flexibility index (Phi) is 5.05. The van der Waals surface area contributed by atoms with Crippen LogP contribution < -0.4 is 10.1 Å². The second-order valence-electron chi connectivity index (χ2n) is 6.43. The molecule has 0 radical (unpaired) electrons. The van der Waals surface area contributed by atoms with E-state index in [-0.39, 0.29) is 12.0 Å². The van der Waals surface area contributed by atoms with Crippen LogP contribution in [0.25, 0.3) is 11.3 Å². The lowest BCUT2D eigenvalue weighted by molar-refractivity contribution is 0.0754. The number of oxime groups is 1. The van der Waals surface area contributed by atoms with Gasteiger partial charge in [-0.05, 0) is 29.8 Å². The van der Waals surface area contributed by atoms with Crippen molar-refractivity contribution in [3.05, 3.63) is 71.9 Å². The van der Waals surface area contributed by atoms with Gasteiger partial charge in [-0.1, -0.05) is 35.5 Å². The number of aromatic nitrogens is 2. The van der Waals surface area contributed by atoms with Gasteiger partial charge >= 0.3 is 0 Å². The van der Waals surface area contributed by atoms with Crippen molar-refractivity contribution in [3.63, 3.8) is 0 Å². The first-order chi connectivity index (χ1) is 13.7. The maximum Gasteiger partial charge on any atom is 0.255 e. The summed E-state index contributed by atoms with van der Waals surface area (Å²) in [5.74, 6) is 0.593. The molecule has 1 aliphatic rings. The zero-order valence-corrected chi connectivity index (χ0v) is 15.4. The van der Waals surface area contributed by atoms with Crippen LogP contribution in [-0.4, -0.2) is 41.6 Å². The van der Waals surface area contributed by atoms with E-state index in [0.717, 1.165) is 22.6 Å². The molecule has 0 fully saturated rings. The third kappa shape index (κ3) is 3.73. The Morgan fingerprint density at radius 2 is 1.96 bits per heavy atom. The molecule has 0 saturated heterocycles. The number of hydrogen-bond acceptors (Lipinski definition) is 5. The Labute approximate surface area is 162 Å². The van der Waals surface area contributed by atoms with Gasteiger partial charge in [-0.3, -0.25) is 9.89 Å². The summed E-state index contributed by atoms with van der Waals surface area (Å²) in [6, 6.07) is 17.3. The Balaban J connectivity index is 1.35. The van der Waals surface area contributed by atoms with Gasteiger partial charge in [-0.15, -0.1) is 0 Å². The predicted octanol–water partition coefficient (Wildman–Crippen LogP) is 3.01. The average molecular weight is 376 g/mol. The van der Waals surface area contributed by atoms with Gasteiger partial charge in [0.25, 0.3) is 5.91 Å². The second kappa shape index (κ2) is 7.96. The van der Waals surface area contributed by atoms with Gasteiger partial charge in [0.05, 0.1) is 36.8 Å². The van der Waals surface area contributed by atoms with E-state index in [4.69, 9.17) is 9.57 Å². The van der Waals surface area contributed by atoms with Crippen molar-refractivity contribution < 1.29 is 14.4 Å². The molecule has 1 unspecified atom stereocenters. The summed E-state index contributed by atoms with van der Waals surface area (Å²) in [6.07, 6.45) is 1.96. The van der Waals surface area contributed by atoms with E-state index in [1.54, 1.807) is 7.11 Å². The zero-order chi connectivity index (χ0) is 19.3. The van der Waals surface area contributed by atoms with Crippen LogP contribution >= 0.6 is 0 Å². The molecule has 0 aliphatic carbocycles. The quantitative estimate of drug-likeness (QED) is 0.692. The number of amides is 1. The van der Waals surface area contributed by atoms with E-state index in [1.807, 2.05) is 54.6 Å². The van der Waals surface area contributed by atoms with Crippen LogP contribution in [0.1, 0.15) is 22.3 Å². The standard InChI is InChI=1S/C21H20N4O3/c1-27-16-9-7-14(8-10-16)19-11-17(28-25-19)12-22-21(26)18-13-23-24-20(18)15-5-3-2-4-6-15/h2-10,13,17H,11-12H2,1H3,(H,22,26)(H,23,24). The molecule has 7 nitrogen and oxygen atoms in total. The summed E-state index contributed by atoms with van der Waals surface area (Å²) in [7, 11) is 1.63. The summed E-state index contributed by atoms with van der Waals surface area (Å²) in [5.41, 5.74) is 3.94. The van der Waals surface area contributed by atoms with Crippen LogP contribution in [0.15, 0.2) is 65.9 Å². The number of ether oxygens (including phenoxy) is 1. The van der Waals surface area contributed by atoms with Gasteiger partial charge in [0, 0.05) is 12.0 Å². The summed E-state index contributed by atoms with van der Waals surface area (Å²) in [5, 5.41) is 14.0. The molecule has 2 N–H and O–H groups in total. The van der Waals surface area contributed by atoms with Crippen molar-refractivity contribution in [1.82, 2.24) is 15.5 Å². The normalized spacial score (nSPS) is 15.6. The van der Waals surface area contributed by atoms with Gasteiger partial charge in [0.1, 0.15) is 11.9 Å². The van der Waals surface area contributed by atoms with E-state index < -0.39 is 0 Å². The number of aromatic amines is 1. The molecule has 142 valence electrons. The van der Waals surface area contributed by atoms with Crippen LogP contribution in [-0.2, 0) is 4.84 Å². The van der Waals surface area contributed by atoms with Gasteiger partial charge in [-0.25, -0.2) is 0 Å². The third-order valence-corrected chi connectivity index (χ3v) is 4.59. The van der Waals surface area contributed by atoms with Gasteiger partial charge in [0.2, 0.25) is 0 Å². The molecule has 4 rings (SSSR count). The van der Waals surface area contributed by atoms with E-state index in [1.165, 1.54) is 6.20 Å². The highest BCUT2D eigenvalue weighted by Gasteiger charge is 2.24. The minimum absolute atomic E-state index is 0.200. The first-order valence-corrected chi connectivity index (χ1v) is 8.98. The summed E-state index contributed by atoms with van der Waals surface area (Å²) in [4.78, 5) is 18.1. The first-order valence-electron chi connectivity index (χ1n) is 8.98. The lowest BCUT2D eigenvalue weighted by atomic mass is 10.0. The molecular formula is C21H20N4O3. The number of carbonyl (C=O) groups excluding carboxylic acids is 1. The third-order valence-electron chi connectivity index (χ3n) is 4.59. The molecule has 3 aromatic rings. The van der Waals surface area contributed by atoms with E-state index in [9.17, 15) is 4.79 Å². The maximum absolute atomic E-state index is 12.6. The van der Waals surface area contributed by atoms with Crippen LogP contribution in [0.5, 0.6) is 5.75 Å². The Bertz CT molecular complexity index is 980. The van der Waals surface area contributed by atoms with Gasteiger partial charge in [0.15, 0.2) is 0 Å². The van der Waals surface area contributed by atoms with Crippen LogP contribution in [0, 0.1) is 0 Å². The highest BCUT2D eigenvalue weighted by atomic mass is 16.6. The number of H-pyrrole nitrogens is 1. The largest absolute Gasteiger partial charge is 0.497 e. The molecule has 1 amide bonds. The minimum atomic E-state index is -0.201. The van der Waals surface area contributed by atoms with Gasteiger partial charge in [-0.2, -0.15) is 5.10 Å².